The molecule has 0 aliphatic carbocycles. The SMILES string of the molecule is Cc1ccccc1[As](c1ccccc1C)c1ccccc1C. The Morgan fingerprint density at radius 3 is 1.00 bits per heavy atom. The van der Waals surface area contributed by atoms with Crippen LogP contribution in [0.3, 0.4) is 0 Å². The van der Waals surface area contributed by atoms with Gasteiger partial charge in [0.1, 0.15) is 0 Å². The van der Waals surface area contributed by atoms with Crippen LogP contribution >= 0.6 is 0 Å². The van der Waals surface area contributed by atoms with Gasteiger partial charge < -0.3 is 0 Å². The molecule has 0 aromatic heterocycles. The Morgan fingerprint density at radius 1 is 0.455 bits per heavy atom. The summed E-state index contributed by atoms with van der Waals surface area (Å²) in [4.78, 5) is 0. The van der Waals surface area contributed by atoms with Gasteiger partial charge in [0.2, 0.25) is 0 Å². The molecule has 0 nitrogen and oxygen atoms in total. The summed E-state index contributed by atoms with van der Waals surface area (Å²) >= 11 is -1.51. The number of rotatable bonds is 3. The molecular formula is C21H21As. The molecule has 110 valence electrons. The number of hydrogen-bond acceptors (Lipinski definition) is 0. The van der Waals surface area contributed by atoms with Gasteiger partial charge in [-0.25, -0.2) is 0 Å². The molecule has 3 rings (SSSR count). The average molecular weight is 348 g/mol. The fourth-order valence-electron chi connectivity index (χ4n) is 2.83. The molecule has 0 fully saturated rings. The first kappa shape index (κ1) is 15.1. The Balaban J connectivity index is 2.27. The molecule has 0 spiro atoms. The van der Waals surface area contributed by atoms with Gasteiger partial charge >= 0.3 is 138 Å². The van der Waals surface area contributed by atoms with Gasteiger partial charge in [-0.05, 0) is 0 Å². The van der Waals surface area contributed by atoms with Gasteiger partial charge in [-0.15, -0.1) is 0 Å². The van der Waals surface area contributed by atoms with E-state index in [4.69, 9.17) is 0 Å². The van der Waals surface area contributed by atoms with Crippen LogP contribution in [0.25, 0.3) is 0 Å². The second kappa shape index (κ2) is 6.55. The fraction of sp³-hybridized carbons (Fsp3) is 0.143. The Bertz CT molecular complexity index is 681. The van der Waals surface area contributed by atoms with Gasteiger partial charge in [0.05, 0.1) is 0 Å². The van der Waals surface area contributed by atoms with E-state index in [-0.39, 0.29) is 0 Å². The minimum absolute atomic E-state index is 1.41. The van der Waals surface area contributed by atoms with Crippen molar-refractivity contribution < 1.29 is 0 Å². The molecule has 3 aromatic rings. The van der Waals surface area contributed by atoms with Crippen molar-refractivity contribution in [1.29, 1.82) is 0 Å². The van der Waals surface area contributed by atoms with Crippen molar-refractivity contribution in [2.75, 3.05) is 0 Å². The van der Waals surface area contributed by atoms with Crippen LogP contribution in [0.1, 0.15) is 16.7 Å². The van der Waals surface area contributed by atoms with Crippen molar-refractivity contribution >= 4 is 27.7 Å². The normalized spacial score (nSPS) is 10.9. The third-order valence-corrected chi connectivity index (χ3v) is 10.3. The molecule has 0 atom stereocenters. The Hall–Kier alpha value is -1.78. The molecule has 0 saturated carbocycles. The van der Waals surface area contributed by atoms with Crippen LogP contribution in [0.5, 0.6) is 0 Å². The number of hydrogen-bond donors (Lipinski definition) is 0. The van der Waals surface area contributed by atoms with Crippen LogP contribution < -0.4 is 13.1 Å². The summed E-state index contributed by atoms with van der Waals surface area (Å²) in [5, 5.41) is 0. The summed E-state index contributed by atoms with van der Waals surface area (Å²) in [6, 6.07) is 26.7. The zero-order chi connectivity index (χ0) is 15.5. The first-order chi connectivity index (χ1) is 10.7. The predicted molar refractivity (Wildman–Crippen MR) is 98.2 cm³/mol. The van der Waals surface area contributed by atoms with E-state index in [0.717, 1.165) is 0 Å². The second-order valence-corrected chi connectivity index (χ2v) is 10.1. The standard InChI is InChI=1S/C21H21As/c1-16-10-4-7-13-19(16)22(20-14-8-5-11-17(20)2)21-15-9-6-12-18(21)3/h4-15H,1-3H3. The van der Waals surface area contributed by atoms with Crippen LogP contribution in [0.2, 0.25) is 0 Å². The summed E-state index contributed by atoms with van der Waals surface area (Å²) in [6.07, 6.45) is 0. The van der Waals surface area contributed by atoms with E-state index in [1.807, 2.05) is 0 Å². The van der Waals surface area contributed by atoms with Gasteiger partial charge in [-0.3, -0.25) is 0 Å². The van der Waals surface area contributed by atoms with Crippen LogP contribution in [-0.4, -0.2) is 14.7 Å². The molecule has 0 unspecified atom stereocenters. The van der Waals surface area contributed by atoms with Crippen LogP contribution in [0.4, 0.5) is 0 Å². The molecule has 0 bridgehead atoms. The molecule has 0 amide bonds. The average Bonchev–Trinajstić information content (AvgIpc) is 2.53. The summed E-state index contributed by atoms with van der Waals surface area (Å²) in [5.74, 6) is 0. The zero-order valence-corrected chi connectivity index (χ0v) is 15.3. The van der Waals surface area contributed by atoms with E-state index in [2.05, 4.69) is 93.6 Å². The Morgan fingerprint density at radius 2 is 0.727 bits per heavy atom. The van der Waals surface area contributed by atoms with Crippen LogP contribution in [-0.2, 0) is 0 Å². The molecule has 0 radical (unpaired) electrons. The van der Waals surface area contributed by atoms with Gasteiger partial charge in [0, 0.05) is 0 Å². The number of aryl methyl sites for hydroxylation is 3. The second-order valence-electron chi connectivity index (χ2n) is 5.69. The van der Waals surface area contributed by atoms with Crippen molar-refractivity contribution in [3.63, 3.8) is 0 Å². The van der Waals surface area contributed by atoms with E-state index < -0.39 is 14.7 Å². The Kier molecular flexibility index (Phi) is 4.50. The Labute approximate surface area is 138 Å². The molecule has 0 heterocycles. The van der Waals surface area contributed by atoms with E-state index in [1.165, 1.54) is 16.7 Å². The van der Waals surface area contributed by atoms with E-state index in [1.54, 1.807) is 13.1 Å². The molecule has 22 heavy (non-hydrogen) atoms. The summed E-state index contributed by atoms with van der Waals surface area (Å²) in [6.45, 7) is 6.73. The van der Waals surface area contributed by atoms with Gasteiger partial charge in [0.25, 0.3) is 0 Å². The maximum absolute atomic E-state index is 2.33. The molecular weight excluding hydrogens is 327 g/mol. The van der Waals surface area contributed by atoms with E-state index in [9.17, 15) is 0 Å². The first-order valence-electron chi connectivity index (χ1n) is 7.65. The molecule has 0 aliphatic heterocycles. The monoisotopic (exact) mass is 348 g/mol. The molecule has 0 N–H and O–H groups in total. The van der Waals surface area contributed by atoms with Crippen molar-refractivity contribution in [2.45, 2.75) is 20.8 Å². The van der Waals surface area contributed by atoms with Gasteiger partial charge in [-0.2, -0.15) is 0 Å². The zero-order valence-electron chi connectivity index (χ0n) is 13.4. The van der Waals surface area contributed by atoms with Crippen molar-refractivity contribution in [3.05, 3.63) is 89.5 Å². The van der Waals surface area contributed by atoms with Crippen molar-refractivity contribution in [1.82, 2.24) is 0 Å². The van der Waals surface area contributed by atoms with Crippen molar-refractivity contribution in [3.8, 4) is 0 Å². The molecule has 1 heteroatoms. The number of benzene rings is 3. The van der Waals surface area contributed by atoms with Gasteiger partial charge in [-0.1, -0.05) is 0 Å². The van der Waals surface area contributed by atoms with E-state index in [0.29, 0.717) is 0 Å². The van der Waals surface area contributed by atoms with Crippen LogP contribution in [0, 0.1) is 20.8 Å². The van der Waals surface area contributed by atoms with Crippen LogP contribution in [0.15, 0.2) is 72.8 Å². The fourth-order valence-corrected chi connectivity index (χ4v) is 8.63. The summed E-state index contributed by atoms with van der Waals surface area (Å²) in [7, 11) is 0. The molecule has 3 aromatic carbocycles. The summed E-state index contributed by atoms with van der Waals surface area (Å²) < 4.78 is 4.62. The predicted octanol–water partition coefficient (Wildman–Crippen LogP) is 3.13. The molecule has 0 saturated heterocycles. The van der Waals surface area contributed by atoms with E-state index >= 15 is 0 Å². The third-order valence-electron chi connectivity index (χ3n) is 4.07. The topological polar surface area (TPSA) is 0 Å². The maximum atomic E-state index is 2.33. The van der Waals surface area contributed by atoms with Crippen molar-refractivity contribution in [2.24, 2.45) is 0 Å². The first-order valence-corrected chi connectivity index (χ1v) is 10.5. The summed E-state index contributed by atoms with van der Waals surface area (Å²) in [5.41, 5.74) is 4.23. The minimum atomic E-state index is -1.51. The third kappa shape index (κ3) is 2.89. The quantitative estimate of drug-likeness (QED) is 0.638. The molecule has 0 aliphatic rings. The van der Waals surface area contributed by atoms with Gasteiger partial charge in [0.15, 0.2) is 0 Å².